The molecule has 1 aromatic heterocycles. The van der Waals surface area contributed by atoms with Gasteiger partial charge in [-0.05, 0) is 28.8 Å². The van der Waals surface area contributed by atoms with E-state index in [0.717, 1.165) is 10.8 Å². The molecule has 0 unspecified atom stereocenters. The van der Waals surface area contributed by atoms with Crippen molar-refractivity contribution in [2.24, 2.45) is 0 Å². The first kappa shape index (κ1) is 30.2. The number of hydrogen-bond acceptors (Lipinski definition) is 9. The molecule has 0 fully saturated rings. The maximum atomic E-state index is 13.3. The molecule has 0 spiro atoms. The summed E-state index contributed by atoms with van der Waals surface area (Å²) < 4.78 is 78.7. The Morgan fingerprint density at radius 3 is 2.29 bits per heavy atom. The highest BCUT2D eigenvalue weighted by Gasteiger charge is 2.49. The number of nitrogens with one attached hydrogen (secondary N) is 1. The SMILES string of the molecule is CCOC(=O)CNC(=O)c1nc(Cc2ccc3ccccc3c2)nc(OS(=O)(=O)C(F)(F)F)c1OCc1ccccc1. The molecule has 1 amide bonds. The molecule has 42 heavy (non-hydrogen) atoms. The normalized spacial score (nSPS) is 11.6. The Morgan fingerprint density at radius 1 is 0.905 bits per heavy atom. The molecule has 0 aliphatic heterocycles. The van der Waals surface area contributed by atoms with Gasteiger partial charge in [0.2, 0.25) is 5.75 Å². The molecule has 14 heteroatoms. The molecule has 0 bridgehead atoms. The fraction of sp³-hybridized carbons (Fsp3) is 0.214. The number of alkyl halides is 3. The van der Waals surface area contributed by atoms with Gasteiger partial charge in [-0.25, -0.2) is 4.98 Å². The van der Waals surface area contributed by atoms with Crippen LogP contribution in [-0.2, 0) is 32.7 Å². The zero-order chi connectivity index (χ0) is 30.3. The van der Waals surface area contributed by atoms with Crippen LogP contribution in [0.15, 0.2) is 72.8 Å². The molecule has 0 aliphatic carbocycles. The molecule has 0 radical (unpaired) electrons. The lowest BCUT2D eigenvalue weighted by Crippen LogP contribution is -2.32. The summed E-state index contributed by atoms with van der Waals surface area (Å²) in [6.45, 7) is 0.681. The van der Waals surface area contributed by atoms with Crippen molar-refractivity contribution in [3.63, 3.8) is 0 Å². The smallest absolute Gasteiger partial charge is 0.481 e. The Labute approximate surface area is 238 Å². The van der Waals surface area contributed by atoms with Gasteiger partial charge in [0.1, 0.15) is 19.0 Å². The third-order valence-corrected chi connectivity index (χ3v) is 6.61. The van der Waals surface area contributed by atoms with E-state index in [0.29, 0.717) is 11.1 Å². The lowest BCUT2D eigenvalue weighted by Gasteiger charge is -2.17. The molecule has 3 aromatic carbocycles. The second-order valence-electron chi connectivity index (χ2n) is 8.73. The van der Waals surface area contributed by atoms with Crippen LogP contribution in [0.5, 0.6) is 11.6 Å². The number of halogens is 3. The highest BCUT2D eigenvalue weighted by Crippen LogP contribution is 2.35. The zero-order valence-electron chi connectivity index (χ0n) is 22.1. The minimum Gasteiger partial charge on any atom is -0.481 e. The molecule has 1 heterocycles. The summed E-state index contributed by atoms with van der Waals surface area (Å²) in [5, 5.41) is 4.02. The minimum absolute atomic E-state index is 0.0385. The zero-order valence-corrected chi connectivity index (χ0v) is 22.9. The van der Waals surface area contributed by atoms with Gasteiger partial charge in [-0.2, -0.15) is 26.6 Å². The standard InChI is InChI=1S/C28H24F3N3O7S/c1-2-39-23(35)16-32-26(36)24-25(40-17-18-8-4-3-5-9-18)27(41-42(37,38)28(29,30)31)34-22(33-24)15-19-12-13-20-10-6-7-11-21(20)14-19/h3-14H,2,15-17H2,1H3,(H,32,36). The number of aromatic nitrogens is 2. The average Bonchev–Trinajstić information content (AvgIpc) is 2.95. The number of ether oxygens (including phenoxy) is 2. The number of nitrogens with zero attached hydrogens (tertiary/aromatic N) is 2. The van der Waals surface area contributed by atoms with Gasteiger partial charge in [0.25, 0.3) is 11.8 Å². The van der Waals surface area contributed by atoms with Crippen LogP contribution in [-0.4, -0.2) is 48.9 Å². The molecule has 4 rings (SSSR count). The molecular formula is C28H24F3N3O7S. The van der Waals surface area contributed by atoms with Gasteiger partial charge in [0.15, 0.2) is 5.69 Å². The number of rotatable bonds is 11. The second-order valence-corrected chi connectivity index (χ2v) is 10.3. The summed E-state index contributed by atoms with van der Waals surface area (Å²) in [6.07, 6.45) is -0.121. The Kier molecular flexibility index (Phi) is 9.25. The Bertz CT molecular complexity index is 1700. The van der Waals surface area contributed by atoms with E-state index in [1.165, 1.54) is 0 Å². The van der Waals surface area contributed by atoms with Crippen molar-refractivity contribution >= 4 is 32.8 Å². The van der Waals surface area contributed by atoms with Gasteiger partial charge in [-0.1, -0.05) is 72.8 Å². The first-order valence-electron chi connectivity index (χ1n) is 12.5. The van der Waals surface area contributed by atoms with Crippen LogP contribution in [0, 0.1) is 0 Å². The lowest BCUT2D eigenvalue weighted by molar-refractivity contribution is -0.141. The topological polar surface area (TPSA) is 134 Å². The third-order valence-electron chi connectivity index (χ3n) is 5.67. The average molecular weight is 604 g/mol. The van der Waals surface area contributed by atoms with Gasteiger partial charge in [0.05, 0.1) is 6.61 Å². The van der Waals surface area contributed by atoms with Crippen LogP contribution in [0.25, 0.3) is 10.8 Å². The van der Waals surface area contributed by atoms with Crippen LogP contribution in [0.2, 0.25) is 0 Å². The number of esters is 1. The van der Waals surface area contributed by atoms with Crippen LogP contribution in [0.1, 0.15) is 34.4 Å². The van der Waals surface area contributed by atoms with Crippen LogP contribution in [0.4, 0.5) is 13.2 Å². The van der Waals surface area contributed by atoms with E-state index in [-0.39, 0.29) is 25.5 Å². The maximum absolute atomic E-state index is 13.3. The van der Waals surface area contributed by atoms with Crippen LogP contribution >= 0.6 is 0 Å². The first-order chi connectivity index (χ1) is 20.0. The molecule has 0 aliphatic rings. The van der Waals surface area contributed by atoms with Crippen molar-refractivity contribution in [1.29, 1.82) is 0 Å². The number of carbonyl (C=O) groups excluding carboxylic acids is 2. The summed E-state index contributed by atoms with van der Waals surface area (Å²) in [6, 6.07) is 21.0. The number of benzene rings is 3. The van der Waals surface area contributed by atoms with Crippen LogP contribution in [0.3, 0.4) is 0 Å². The van der Waals surface area contributed by atoms with E-state index in [1.807, 2.05) is 24.3 Å². The van der Waals surface area contributed by atoms with Crippen molar-refractivity contribution < 1.29 is 44.8 Å². The van der Waals surface area contributed by atoms with E-state index < -0.39 is 51.4 Å². The molecule has 10 nitrogen and oxygen atoms in total. The van der Waals surface area contributed by atoms with E-state index >= 15 is 0 Å². The summed E-state index contributed by atoms with van der Waals surface area (Å²) in [5.41, 5.74) is -5.32. The Hall–Kier alpha value is -4.72. The van der Waals surface area contributed by atoms with Crippen molar-refractivity contribution in [2.75, 3.05) is 13.2 Å². The van der Waals surface area contributed by atoms with Gasteiger partial charge in [0, 0.05) is 6.42 Å². The fourth-order valence-electron chi connectivity index (χ4n) is 3.75. The van der Waals surface area contributed by atoms with Crippen molar-refractivity contribution in [3.8, 4) is 11.6 Å². The number of hydrogen-bond donors (Lipinski definition) is 1. The van der Waals surface area contributed by atoms with E-state index in [4.69, 9.17) is 9.47 Å². The number of fused-ring (bicyclic) bond motifs is 1. The largest absolute Gasteiger partial charge is 0.534 e. The molecule has 4 aromatic rings. The first-order valence-corrected chi connectivity index (χ1v) is 13.9. The lowest BCUT2D eigenvalue weighted by atomic mass is 10.0. The number of amides is 1. The van der Waals surface area contributed by atoms with Crippen molar-refractivity contribution in [1.82, 2.24) is 15.3 Å². The predicted molar refractivity (Wildman–Crippen MR) is 144 cm³/mol. The van der Waals surface area contributed by atoms with Gasteiger partial charge in [-0.3, -0.25) is 9.59 Å². The van der Waals surface area contributed by atoms with E-state index in [1.54, 1.807) is 55.5 Å². The van der Waals surface area contributed by atoms with Gasteiger partial charge in [-0.15, -0.1) is 0 Å². The monoisotopic (exact) mass is 603 g/mol. The summed E-state index contributed by atoms with van der Waals surface area (Å²) in [5.74, 6) is -4.02. The molecular weight excluding hydrogens is 579 g/mol. The van der Waals surface area contributed by atoms with E-state index in [2.05, 4.69) is 19.5 Å². The second kappa shape index (κ2) is 12.9. The molecule has 220 valence electrons. The molecule has 0 atom stereocenters. The predicted octanol–water partition coefficient (Wildman–Crippen LogP) is 4.32. The summed E-state index contributed by atoms with van der Waals surface area (Å²) in [4.78, 5) is 33.1. The summed E-state index contributed by atoms with van der Waals surface area (Å²) in [7, 11) is -6.23. The fourth-order valence-corrected chi connectivity index (χ4v) is 4.17. The number of carbonyl (C=O) groups is 2. The van der Waals surface area contributed by atoms with Gasteiger partial charge < -0.3 is 19.0 Å². The summed E-state index contributed by atoms with van der Waals surface area (Å²) >= 11 is 0. The van der Waals surface area contributed by atoms with Crippen LogP contribution < -0.4 is 14.2 Å². The third kappa shape index (κ3) is 7.51. The molecule has 0 saturated heterocycles. The molecule has 1 N–H and O–H groups in total. The van der Waals surface area contributed by atoms with Crippen molar-refractivity contribution in [2.45, 2.75) is 25.5 Å². The molecule has 0 saturated carbocycles. The minimum atomic E-state index is -6.23. The quantitative estimate of drug-likeness (QED) is 0.151. The van der Waals surface area contributed by atoms with Crippen molar-refractivity contribution in [3.05, 3.63) is 95.4 Å². The highest BCUT2D eigenvalue weighted by molar-refractivity contribution is 7.88. The Morgan fingerprint density at radius 2 is 1.60 bits per heavy atom. The Balaban J connectivity index is 1.80. The van der Waals surface area contributed by atoms with Gasteiger partial charge >= 0.3 is 21.6 Å². The van der Waals surface area contributed by atoms with E-state index in [9.17, 15) is 31.2 Å². The maximum Gasteiger partial charge on any atom is 0.534 e. The highest BCUT2D eigenvalue weighted by atomic mass is 32.2.